The van der Waals surface area contributed by atoms with Gasteiger partial charge in [0, 0.05) is 7.11 Å². The van der Waals surface area contributed by atoms with Gasteiger partial charge in [-0.1, -0.05) is 0 Å². The van der Waals surface area contributed by atoms with Crippen LogP contribution >= 0.6 is 0 Å². The van der Waals surface area contributed by atoms with Gasteiger partial charge in [-0.2, -0.15) is 0 Å². The number of methoxy groups -OCH3 is 1. The quantitative estimate of drug-likeness (QED) is 0.767. The van der Waals surface area contributed by atoms with Crippen molar-refractivity contribution in [2.45, 2.75) is 12.5 Å². The molecule has 0 radical (unpaired) electrons. The summed E-state index contributed by atoms with van der Waals surface area (Å²) < 4.78 is 44.0. The fourth-order valence-corrected chi connectivity index (χ4v) is 1.56. The summed E-state index contributed by atoms with van der Waals surface area (Å²) in [6.07, 6.45) is 0.422. The molecular weight excluding hydrogens is 261 g/mol. The third kappa shape index (κ3) is 3.93. The molecule has 106 valence electrons. The van der Waals surface area contributed by atoms with Gasteiger partial charge in [-0.3, -0.25) is 4.79 Å². The predicted octanol–water partition coefficient (Wildman–Crippen LogP) is 1.20. The smallest absolute Gasteiger partial charge is 0.254 e. The first-order chi connectivity index (χ1) is 9.01. The van der Waals surface area contributed by atoms with Crippen LogP contribution in [0.4, 0.5) is 13.2 Å². The molecule has 0 heterocycles. The van der Waals surface area contributed by atoms with Crippen LogP contribution in [0.25, 0.3) is 0 Å². The molecule has 0 bridgehead atoms. The van der Waals surface area contributed by atoms with Crippen molar-refractivity contribution in [2.24, 2.45) is 5.73 Å². The molecule has 1 unspecified atom stereocenters. The molecule has 4 nitrogen and oxygen atoms in total. The first-order valence-corrected chi connectivity index (χ1v) is 5.64. The van der Waals surface area contributed by atoms with Crippen LogP contribution in [0, 0.1) is 17.5 Å². The highest BCUT2D eigenvalue weighted by molar-refractivity contribution is 5.94. The standard InChI is InChI=1S/C12H15F3N2O2/c1-19-6-7(4-5-16)17-12(18)8-2-3-9(13)11(15)10(8)14/h2-3,7H,4-6,16H2,1H3,(H,17,18). The number of ether oxygens (including phenoxy) is 1. The number of carbonyl (C=O) groups excluding carboxylic acids is 1. The molecule has 0 fully saturated rings. The summed E-state index contributed by atoms with van der Waals surface area (Å²) in [5.74, 6) is -5.37. The lowest BCUT2D eigenvalue weighted by Gasteiger charge is -2.17. The SMILES string of the molecule is COCC(CCN)NC(=O)c1ccc(F)c(F)c1F. The Labute approximate surface area is 108 Å². The molecule has 0 saturated carbocycles. The number of amides is 1. The molecule has 1 aromatic rings. The molecule has 0 aromatic heterocycles. The average Bonchev–Trinajstić information content (AvgIpc) is 2.36. The third-order valence-corrected chi connectivity index (χ3v) is 2.50. The van der Waals surface area contributed by atoms with E-state index < -0.39 is 35.0 Å². The summed E-state index contributed by atoms with van der Waals surface area (Å²) in [5.41, 5.74) is 4.80. The zero-order valence-electron chi connectivity index (χ0n) is 10.4. The minimum Gasteiger partial charge on any atom is -0.383 e. The summed E-state index contributed by atoms with van der Waals surface area (Å²) in [6.45, 7) is 0.489. The van der Waals surface area contributed by atoms with Crippen LogP contribution < -0.4 is 11.1 Å². The van der Waals surface area contributed by atoms with Gasteiger partial charge < -0.3 is 15.8 Å². The Hall–Kier alpha value is -1.60. The van der Waals surface area contributed by atoms with Crippen molar-refractivity contribution in [3.8, 4) is 0 Å². The molecule has 0 aliphatic heterocycles. The predicted molar refractivity (Wildman–Crippen MR) is 63.1 cm³/mol. The van der Waals surface area contributed by atoms with Crippen LogP contribution in [-0.2, 0) is 4.74 Å². The minimum absolute atomic E-state index is 0.189. The molecule has 19 heavy (non-hydrogen) atoms. The molecule has 3 N–H and O–H groups in total. The van der Waals surface area contributed by atoms with E-state index >= 15 is 0 Å². The number of nitrogens with one attached hydrogen (secondary N) is 1. The van der Waals surface area contributed by atoms with E-state index in [1.807, 2.05) is 0 Å². The summed E-state index contributed by atoms with van der Waals surface area (Å²) in [6, 6.07) is 1.16. The summed E-state index contributed by atoms with van der Waals surface area (Å²) >= 11 is 0. The van der Waals surface area contributed by atoms with Crippen molar-refractivity contribution in [3.63, 3.8) is 0 Å². The molecule has 1 rings (SSSR count). The second kappa shape index (κ2) is 7.10. The second-order valence-electron chi connectivity index (χ2n) is 3.93. The van der Waals surface area contributed by atoms with Gasteiger partial charge in [-0.25, -0.2) is 13.2 Å². The van der Waals surface area contributed by atoms with Crippen LogP contribution in [0.3, 0.4) is 0 Å². The Bertz CT molecular complexity index is 449. The first kappa shape index (κ1) is 15.5. The van der Waals surface area contributed by atoms with Gasteiger partial charge in [0.05, 0.1) is 18.2 Å². The maximum absolute atomic E-state index is 13.4. The van der Waals surface area contributed by atoms with E-state index in [9.17, 15) is 18.0 Å². The number of benzene rings is 1. The highest BCUT2D eigenvalue weighted by Crippen LogP contribution is 2.15. The van der Waals surface area contributed by atoms with Crippen molar-refractivity contribution in [1.29, 1.82) is 0 Å². The van der Waals surface area contributed by atoms with E-state index in [1.54, 1.807) is 0 Å². The van der Waals surface area contributed by atoms with Gasteiger partial charge in [-0.05, 0) is 25.1 Å². The van der Waals surface area contributed by atoms with E-state index in [0.717, 1.165) is 6.07 Å². The van der Waals surface area contributed by atoms with Gasteiger partial charge in [0.2, 0.25) is 0 Å². The van der Waals surface area contributed by atoms with E-state index in [4.69, 9.17) is 10.5 Å². The normalized spacial score (nSPS) is 12.3. The fourth-order valence-electron chi connectivity index (χ4n) is 1.56. The minimum atomic E-state index is -1.67. The second-order valence-corrected chi connectivity index (χ2v) is 3.93. The lowest BCUT2D eigenvalue weighted by Crippen LogP contribution is -2.39. The maximum Gasteiger partial charge on any atom is 0.254 e. The molecular formula is C12H15F3N2O2. The van der Waals surface area contributed by atoms with Gasteiger partial charge in [0.1, 0.15) is 0 Å². The van der Waals surface area contributed by atoms with Crippen LogP contribution in [0.5, 0.6) is 0 Å². The van der Waals surface area contributed by atoms with Crippen LogP contribution in [0.1, 0.15) is 16.8 Å². The number of hydrogen-bond acceptors (Lipinski definition) is 3. The summed E-state index contributed by atoms with van der Waals surface area (Å²) in [4.78, 5) is 11.8. The van der Waals surface area contributed by atoms with Crippen LogP contribution in [-0.4, -0.2) is 32.2 Å². The van der Waals surface area contributed by atoms with Crippen LogP contribution in [0.2, 0.25) is 0 Å². The van der Waals surface area contributed by atoms with Crippen molar-refractivity contribution >= 4 is 5.91 Å². The average molecular weight is 276 g/mol. The van der Waals surface area contributed by atoms with Crippen molar-refractivity contribution in [3.05, 3.63) is 35.1 Å². The Balaban J connectivity index is 2.85. The Morgan fingerprint density at radius 3 is 2.63 bits per heavy atom. The first-order valence-electron chi connectivity index (χ1n) is 5.64. The van der Waals surface area contributed by atoms with Gasteiger partial charge in [0.25, 0.3) is 5.91 Å². The Morgan fingerprint density at radius 1 is 1.37 bits per heavy atom. The van der Waals surface area contributed by atoms with Crippen LogP contribution in [0.15, 0.2) is 12.1 Å². The highest BCUT2D eigenvalue weighted by Gasteiger charge is 2.20. The van der Waals surface area contributed by atoms with Gasteiger partial charge >= 0.3 is 0 Å². The van der Waals surface area contributed by atoms with Crippen molar-refractivity contribution < 1.29 is 22.7 Å². The molecule has 1 atom stereocenters. The van der Waals surface area contributed by atoms with Crippen molar-refractivity contribution in [2.75, 3.05) is 20.3 Å². The fraction of sp³-hybridized carbons (Fsp3) is 0.417. The molecule has 1 amide bonds. The summed E-state index contributed by atoms with van der Waals surface area (Å²) in [7, 11) is 1.44. The number of nitrogens with two attached hydrogens (primary N) is 1. The molecule has 0 spiro atoms. The van der Waals surface area contributed by atoms with E-state index in [-0.39, 0.29) is 6.61 Å². The van der Waals surface area contributed by atoms with E-state index in [1.165, 1.54) is 7.11 Å². The maximum atomic E-state index is 13.4. The zero-order valence-corrected chi connectivity index (χ0v) is 10.4. The zero-order chi connectivity index (χ0) is 14.4. The topological polar surface area (TPSA) is 64.3 Å². The Kier molecular flexibility index (Phi) is 5.78. The molecule has 1 aromatic carbocycles. The Morgan fingerprint density at radius 2 is 2.05 bits per heavy atom. The van der Waals surface area contributed by atoms with Crippen molar-refractivity contribution in [1.82, 2.24) is 5.32 Å². The number of hydrogen-bond donors (Lipinski definition) is 2. The lowest BCUT2D eigenvalue weighted by atomic mass is 10.1. The number of rotatable bonds is 6. The number of halogens is 3. The molecule has 0 saturated heterocycles. The largest absolute Gasteiger partial charge is 0.383 e. The highest BCUT2D eigenvalue weighted by atomic mass is 19.2. The number of carbonyl (C=O) groups is 1. The molecule has 0 aliphatic rings. The van der Waals surface area contributed by atoms with E-state index in [2.05, 4.69) is 5.32 Å². The molecule has 7 heteroatoms. The van der Waals surface area contributed by atoms with Gasteiger partial charge in [0.15, 0.2) is 17.5 Å². The third-order valence-electron chi connectivity index (χ3n) is 2.50. The molecule has 0 aliphatic carbocycles. The summed E-state index contributed by atoms with van der Waals surface area (Å²) in [5, 5.41) is 2.45. The monoisotopic (exact) mass is 276 g/mol. The van der Waals surface area contributed by atoms with E-state index in [0.29, 0.717) is 19.0 Å². The van der Waals surface area contributed by atoms with Gasteiger partial charge in [-0.15, -0.1) is 0 Å². The lowest BCUT2D eigenvalue weighted by molar-refractivity contribution is 0.0888.